The Labute approximate surface area is 162 Å². The number of benzene rings is 2. The van der Waals surface area contributed by atoms with Crippen molar-refractivity contribution in [1.29, 1.82) is 0 Å². The fraction of sp³-hybridized carbons (Fsp3) is 0.333. The van der Waals surface area contributed by atoms with Crippen LogP contribution in [-0.4, -0.2) is 45.3 Å². The van der Waals surface area contributed by atoms with Gasteiger partial charge in [0, 0.05) is 17.2 Å². The van der Waals surface area contributed by atoms with Gasteiger partial charge in [0.15, 0.2) is 23.0 Å². The number of hydrogen-bond acceptors (Lipinski definition) is 6. The molecule has 2 aromatic carbocycles. The van der Waals surface area contributed by atoms with E-state index in [1.165, 1.54) is 23.5 Å². The monoisotopic (exact) mass is 411 g/mol. The van der Waals surface area contributed by atoms with Gasteiger partial charge in [-0.15, -0.1) is 0 Å². The fourth-order valence-corrected chi connectivity index (χ4v) is 4.92. The van der Waals surface area contributed by atoms with Crippen LogP contribution >= 0.6 is 11.6 Å². The molecule has 0 N–H and O–H groups in total. The molecule has 2 aromatic rings. The van der Waals surface area contributed by atoms with Crippen molar-refractivity contribution in [3.8, 4) is 23.0 Å². The second kappa shape index (κ2) is 6.78. The molecular formula is C18H18ClNO6S. The minimum absolute atomic E-state index is 0.0936. The highest BCUT2D eigenvalue weighted by atomic mass is 35.5. The summed E-state index contributed by atoms with van der Waals surface area (Å²) >= 11 is 6.02. The third-order valence-electron chi connectivity index (χ3n) is 4.71. The number of rotatable bonds is 5. The quantitative estimate of drug-likeness (QED) is 0.753. The van der Waals surface area contributed by atoms with E-state index in [1.54, 1.807) is 31.2 Å². The summed E-state index contributed by atoms with van der Waals surface area (Å²) in [5.41, 5.74) is 0. The van der Waals surface area contributed by atoms with Gasteiger partial charge in [-0.25, -0.2) is 8.42 Å². The van der Waals surface area contributed by atoms with E-state index < -0.39 is 10.0 Å². The summed E-state index contributed by atoms with van der Waals surface area (Å²) in [6.45, 7) is 2.12. The molecule has 0 unspecified atom stereocenters. The average molecular weight is 412 g/mol. The topological polar surface area (TPSA) is 74.3 Å². The van der Waals surface area contributed by atoms with Crippen LogP contribution in [-0.2, 0) is 10.0 Å². The van der Waals surface area contributed by atoms with Crippen molar-refractivity contribution in [1.82, 2.24) is 4.31 Å². The third-order valence-corrected chi connectivity index (χ3v) is 6.89. The highest BCUT2D eigenvalue weighted by Gasteiger charge is 2.45. The van der Waals surface area contributed by atoms with E-state index in [9.17, 15) is 8.42 Å². The number of methoxy groups -OCH3 is 1. The van der Waals surface area contributed by atoms with E-state index in [1.807, 2.05) is 0 Å². The molecule has 0 saturated carbocycles. The number of halogens is 1. The van der Waals surface area contributed by atoms with Crippen LogP contribution in [0.25, 0.3) is 0 Å². The first-order valence-corrected chi connectivity index (χ1v) is 10.1. The summed E-state index contributed by atoms with van der Waals surface area (Å²) in [5, 5.41) is 0.516. The maximum absolute atomic E-state index is 12.9. The highest BCUT2D eigenvalue weighted by Crippen LogP contribution is 2.38. The van der Waals surface area contributed by atoms with E-state index in [4.69, 9.17) is 30.5 Å². The molecule has 0 aliphatic carbocycles. The van der Waals surface area contributed by atoms with Crippen molar-refractivity contribution in [2.45, 2.75) is 24.0 Å². The van der Waals surface area contributed by atoms with Crippen molar-refractivity contribution in [2.75, 3.05) is 20.4 Å². The molecule has 27 heavy (non-hydrogen) atoms. The number of hydrogen-bond donors (Lipinski definition) is 0. The van der Waals surface area contributed by atoms with Gasteiger partial charge in [0.1, 0.15) is 6.10 Å². The largest absolute Gasteiger partial charge is 0.493 e. The summed E-state index contributed by atoms with van der Waals surface area (Å²) in [7, 11) is -2.12. The lowest BCUT2D eigenvalue weighted by atomic mass is 10.1. The van der Waals surface area contributed by atoms with Crippen molar-refractivity contribution >= 4 is 21.6 Å². The van der Waals surface area contributed by atoms with Crippen LogP contribution in [0.2, 0.25) is 5.02 Å². The van der Waals surface area contributed by atoms with Gasteiger partial charge in [-0.05, 0) is 31.2 Å². The van der Waals surface area contributed by atoms with Gasteiger partial charge in [-0.1, -0.05) is 11.6 Å². The van der Waals surface area contributed by atoms with Crippen LogP contribution in [0.5, 0.6) is 23.0 Å². The molecule has 2 heterocycles. The first kappa shape index (κ1) is 18.2. The van der Waals surface area contributed by atoms with E-state index in [0.717, 1.165) is 0 Å². The zero-order valence-electron chi connectivity index (χ0n) is 14.7. The predicted octanol–water partition coefficient (Wildman–Crippen LogP) is 2.92. The van der Waals surface area contributed by atoms with E-state index in [-0.39, 0.29) is 30.4 Å². The normalized spacial score (nSPS) is 21.6. The molecule has 2 aliphatic rings. The Kier molecular flexibility index (Phi) is 4.57. The Balaban J connectivity index is 1.50. The predicted molar refractivity (Wildman–Crippen MR) is 98.3 cm³/mol. The van der Waals surface area contributed by atoms with E-state index in [0.29, 0.717) is 28.0 Å². The molecule has 2 atom stereocenters. The first-order valence-electron chi connectivity index (χ1n) is 8.32. The van der Waals surface area contributed by atoms with Crippen LogP contribution in [0.3, 0.4) is 0 Å². The van der Waals surface area contributed by atoms with Crippen molar-refractivity contribution in [3.63, 3.8) is 0 Å². The molecule has 1 fully saturated rings. The minimum Gasteiger partial charge on any atom is -0.493 e. The Bertz CT molecular complexity index is 980. The van der Waals surface area contributed by atoms with Gasteiger partial charge in [-0.3, -0.25) is 0 Å². The molecule has 9 heteroatoms. The first-order chi connectivity index (χ1) is 12.9. The molecule has 0 spiro atoms. The molecular weight excluding hydrogens is 394 g/mol. The fourth-order valence-electron chi connectivity index (χ4n) is 3.07. The second-order valence-corrected chi connectivity index (χ2v) is 8.61. The number of fused-ring (bicyclic) bond motifs is 1. The van der Waals surface area contributed by atoms with Crippen LogP contribution in [0.1, 0.15) is 6.92 Å². The van der Waals surface area contributed by atoms with Gasteiger partial charge in [0.05, 0.1) is 24.6 Å². The third kappa shape index (κ3) is 3.18. The lowest BCUT2D eigenvalue weighted by Crippen LogP contribution is -2.62. The maximum atomic E-state index is 12.9. The van der Waals surface area contributed by atoms with Crippen LogP contribution in [0.15, 0.2) is 41.3 Å². The standard InChI is InChI=1S/C18H18ClNO6S/c1-11-18(26-17-7-12(19)3-5-14(17)23-2)9-20(11)27(21,22)13-4-6-15-16(8-13)25-10-24-15/h3-8,11,18H,9-10H2,1-2H3/t11-,18-/m0/s1. The zero-order valence-corrected chi connectivity index (χ0v) is 16.3. The highest BCUT2D eigenvalue weighted by molar-refractivity contribution is 7.89. The SMILES string of the molecule is COc1ccc(Cl)cc1O[C@H]1CN(S(=O)(=O)c2ccc3c(c2)OCO3)[C@H]1C. The number of ether oxygens (including phenoxy) is 4. The number of sulfonamides is 1. The van der Waals surface area contributed by atoms with Crippen LogP contribution in [0, 0.1) is 0 Å². The lowest BCUT2D eigenvalue weighted by Gasteiger charge is -2.44. The van der Waals surface area contributed by atoms with Gasteiger partial charge < -0.3 is 18.9 Å². The Morgan fingerprint density at radius 3 is 2.63 bits per heavy atom. The summed E-state index contributed by atoms with van der Waals surface area (Å²) in [4.78, 5) is 0.164. The second-order valence-electron chi connectivity index (χ2n) is 6.28. The molecule has 2 aliphatic heterocycles. The maximum Gasteiger partial charge on any atom is 0.243 e. The summed E-state index contributed by atoms with van der Waals surface area (Å²) < 4.78 is 49.0. The molecule has 7 nitrogen and oxygen atoms in total. The molecule has 0 bridgehead atoms. The smallest absolute Gasteiger partial charge is 0.243 e. The van der Waals surface area contributed by atoms with Crippen LogP contribution < -0.4 is 18.9 Å². The minimum atomic E-state index is -3.66. The van der Waals surface area contributed by atoms with E-state index in [2.05, 4.69) is 0 Å². The summed E-state index contributed by atoms with van der Waals surface area (Å²) in [6.07, 6.45) is -0.304. The van der Waals surface area contributed by atoms with Crippen molar-refractivity contribution < 1.29 is 27.4 Å². The molecule has 1 saturated heterocycles. The van der Waals surface area contributed by atoms with Crippen molar-refractivity contribution in [3.05, 3.63) is 41.4 Å². The molecule has 0 aromatic heterocycles. The Morgan fingerprint density at radius 2 is 1.89 bits per heavy atom. The summed E-state index contributed by atoms with van der Waals surface area (Å²) in [6, 6.07) is 9.33. The molecule has 4 rings (SSSR count). The van der Waals surface area contributed by atoms with Gasteiger partial charge >= 0.3 is 0 Å². The van der Waals surface area contributed by atoms with E-state index >= 15 is 0 Å². The molecule has 0 amide bonds. The van der Waals surface area contributed by atoms with Gasteiger partial charge in [-0.2, -0.15) is 4.31 Å². The lowest BCUT2D eigenvalue weighted by molar-refractivity contribution is 0.0195. The summed E-state index contributed by atoms with van der Waals surface area (Å²) in [5.74, 6) is 2.01. The molecule has 144 valence electrons. The number of nitrogens with zero attached hydrogens (tertiary/aromatic N) is 1. The molecule has 0 radical (unpaired) electrons. The zero-order chi connectivity index (χ0) is 19.2. The van der Waals surface area contributed by atoms with Gasteiger partial charge in [0.2, 0.25) is 16.8 Å². The Morgan fingerprint density at radius 1 is 1.11 bits per heavy atom. The average Bonchev–Trinajstić information content (AvgIpc) is 3.12. The van der Waals surface area contributed by atoms with Crippen LogP contribution in [0.4, 0.5) is 0 Å². The Hall–Kier alpha value is -2.16. The van der Waals surface area contributed by atoms with Crippen molar-refractivity contribution in [2.24, 2.45) is 0 Å². The van der Waals surface area contributed by atoms with Gasteiger partial charge in [0.25, 0.3) is 0 Å².